The van der Waals surface area contributed by atoms with Crippen molar-refractivity contribution in [3.63, 3.8) is 0 Å². The Morgan fingerprint density at radius 1 is 1.20 bits per heavy atom. The molecule has 0 spiro atoms. The Bertz CT molecular complexity index is 1350. The fourth-order valence-corrected chi connectivity index (χ4v) is 5.86. The molecule has 3 aromatic rings. The van der Waals surface area contributed by atoms with Crippen LogP contribution in [-0.2, 0) is 20.5 Å². The number of aliphatic hydroxyl groups excluding tert-OH is 4. The van der Waals surface area contributed by atoms with Crippen LogP contribution in [0.5, 0.6) is 6.01 Å². The number of H-pyrrole nitrogens is 1. The molecule has 1 aliphatic carbocycles. The minimum Gasteiger partial charge on any atom is -0.460 e. The van der Waals surface area contributed by atoms with Crippen molar-refractivity contribution in [2.45, 2.75) is 67.9 Å². The Balaban J connectivity index is 1.39. The van der Waals surface area contributed by atoms with Gasteiger partial charge in [-0.3, -0.25) is 4.57 Å². The van der Waals surface area contributed by atoms with E-state index in [0.717, 1.165) is 25.7 Å². The van der Waals surface area contributed by atoms with Gasteiger partial charge in [0, 0.05) is 6.04 Å². The Morgan fingerprint density at radius 3 is 2.63 bits per heavy atom. The fourth-order valence-electron chi connectivity index (χ4n) is 5.08. The zero-order valence-corrected chi connectivity index (χ0v) is 22.7. The monoisotopic (exact) mass is 600 g/mol. The van der Waals surface area contributed by atoms with Crippen LogP contribution in [0.25, 0.3) is 5.52 Å². The predicted octanol–water partition coefficient (Wildman–Crippen LogP) is -1.74. The maximum absolute atomic E-state index is 12.3. The van der Waals surface area contributed by atoms with Gasteiger partial charge in [0.1, 0.15) is 36.5 Å². The number of fused-ring (bicyclic) bond motifs is 1. The van der Waals surface area contributed by atoms with Crippen LogP contribution in [-0.4, -0.2) is 122 Å². The number of aromatic nitrogens is 7. The van der Waals surface area contributed by atoms with Crippen molar-refractivity contribution in [2.24, 2.45) is 0 Å². The first-order chi connectivity index (χ1) is 19.7. The molecule has 226 valence electrons. The van der Waals surface area contributed by atoms with Crippen LogP contribution in [0.2, 0.25) is 0 Å². The van der Waals surface area contributed by atoms with Crippen LogP contribution in [0.15, 0.2) is 12.1 Å². The van der Waals surface area contributed by atoms with Crippen LogP contribution in [0.4, 0.5) is 5.82 Å². The zero-order chi connectivity index (χ0) is 29.2. The summed E-state index contributed by atoms with van der Waals surface area (Å²) in [6, 6.07) is 3.56. The van der Waals surface area contributed by atoms with Gasteiger partial charge < -0.3 is 49.7 Å². The van der Waals surface area contributed by atoms with E-state index in [1.54, 1.807) is 12.1 Å². The second-order valence-electron chi connectivity index (χ2n) is 10.0. The summed E-state index contributed by atoms with van der Waals surface area (Å²) in [6.45, 7) is -1.99. The lowest BCUT2D eigenvalue weighted by atomic mass is 10.1. The van der Waals surface area contributed by atoms with Crippen LogP contribution >= 0.6 is 7.60 Å². The van der Waals surface area contributed by atoms with Gasteiger partial charge in [-0.25, -0.2) is 4.52 Å². The van der Waals surface area contributed by atoms with Crippen molar-refractivity contribution in [1.82, 2.24) is 35.2 Å². The number of nitrogens with one attached hydrogen (secondary N) is 2. The first-order valence-corrected chi connectivity index (χ1v) is 14.7. The molecule has 4 heterocycles. The van der Waals surface area contributed by atoms with Gasteiger partial charge in [0.05, 0.1) is 31.9 Å². The number of tetrazole rings is 1. The number of ether oxygens (including phenoxy) is 3. The lowest BCUT2D eigenvalue weighted by Crippen LogP contribution is -2.43. The average molecular weight is 601 g/mol. The van der Waals surface area contributed by atoms with Crippen LogP contribution in [0.1, 0.15) is 43.3 Å². The van der Waals surface area contributed by atoms with E-state index in [9.17, 15) is 34.8 Å². The van der Waals surface area contributed by atoms with Gasteiger partial charge >= 0.3 is 13.6 Å². The van der Waals surface area contributed by atoms with Gasteiger partial charge in [0.25, 0.3) is 0 Å². The lowest BCUT2D eigenvalue weighted by Gasteiger charge is -2.32. The van der Waals surface area contributed by atoms with E-state index >= 15 is 0 Å². The molecule has 0 aromatic carbocycles. The molecule has 1 aliphatic heterocycles. The van der Waals surface area contributed by atoms with E-state index in [2.05, 4.69) is 36.0 Å². The molecular formula is C22H33N8O10P. The summed E-state index contributed by atoms with van der Waals surface area (Å²) < 4.78 is 30.7. The SMILES string of the molecule is O=P(O)(O)C(CO)(Cc1nn[nH]n1)OC[C@H]1OC(c2ccc3c(NC4CCCC4)nc(OCCO)nn23)[C@H](O)[C@@H]1O. The van der Waals surface area contributed by atoms with Crippen LogP contribution in [0, 0.1) is 0 Å². The molecule has 18 nitrogen and oxygen atoms in total. The summed E-state index contributed by atoms with van der Waals surface area (Å²) in [5.74, 6) is 0.378. The van der Waals surface area contributed by atoms with Crippen LogP contribution in [0.3, 0.4) is 0 Å². The molecule has 2 unspecified atom stereocenters. The van der Waals surface area contributed by atoms with Crippen molar-refractivity contribution >= 4 is 18.9 Å². The molecule has 1 saturated heterocycles. The molecule has 3 aromatic heterocycles. The average Bonchev–Trinajstić information content (AvgIpc) is 3.75. The van der Waals surface area contributed by atoms with Crippen molar-refractivity contribution in [3.05, 3.63) is 23.7 Å². The first-order valence-electron chi connectivity index (χ1n) is 13.1. The highest BCUT2D eigenvalue weighted by molar-refractivity contribution is 7.53. The molecule has 0 radical (unpaired) electrons. The van der Waals surface area contributed by atoms with Crippen molar-refractivity contribution in [3.8, 4) is 6.01 Å². The molecule has 5 atom stereocenters. The summed E-state index contributed by atoms with van der Waals surface area (Å²) in [5, 5.41) is 59.0. The van der Waals surface area contributed by atoms with E-state index in [-0.39, 0.29) is 31.1 Å². The van der Waals surface area contributed by atoms with Crippen molar-refractivity contribution in [1.29, 1.82) is 0 Å². The smallest absolute Gasteiger partial charge is 0.359 e. The Kier molecular flexibility index (Phi) is 8.84. The van der Waals surface area contributed by atoms with Crippen molar-refractivity contribution in [2.75, 3.05) is 31.7 Å². The van der Waals surface area contributed by atoms with E-state index in [0.29, 0.717) is 17.0 Å². The molecule has 41 heavy (non-hydrogen) atoms. The Morgan fingerprint density at radius 2 is 1.98 bits per heavy atom. The lowest BCUT2D eigenvalue weighted by molar-refractivity contribution is -0.100. The van der Waals surface area contributed by atoms with Crippen molar-refractivity contribution < 1.29 is 49.0 Å². The zero-order valence-electron chi connectivity index (χ0n) is 21.9. The highest BCUT2D eigenvalue weighted by atomic mass is 31.2. The Labute approximate surface area is 232 Å². The largest absolute Gasteiger partial charge is 0.460 e. The van der Waals surface area contributed by atoms with Gasteiger partial charge in [-0.15, -0.1) is 15.3 Å². The highest BCUT2D eigenvalue weighted by Crippen LogP contribution is 2.53. The third kappa shape index (κ3) is 6.06. The second-order valence-corrected chi connectivity index (χ2v) is 11.9. The molecule has 2 fully saturated rings. The minimum atomic E-state index is -5.12. The molecule has 0 amide bonds. The maximum atomic E-state index is 12.3. The number of nitrogens with zero attached hydrogens (tertiary/aromatic N) is 6. The summed E-state index contributed by atoms with van der Waals surface area (Å²) in [7, 11) is -5.12. The number of anilines is 1. The normalized spacial score (nSPS) is 25.1. The number of hydrogen-bond donors (Lipinski definition) is 8. The molecule has 1 saturated carbocycles. The first kappa shape index (κ1) is 29.7. The molecule has 0 bridgehead atoms. The highest BCUT2D eigenvalue weighted by Gasteiger charge is 2.52. The Hall–Kier alpha value is -2.80. The molecule has 19 heteroatoms. The second kappa shape index (κ2) is 12.2. The molecular weight excluding hydrogens is 567 g/mol. The quantitative estimate of drug-likeness (QED) is 0.101. The van der Waals surface area contributed by atoms with Gasteiger partial charge in [-0.05, 0) is 25.0 Å². The van der Waals surface area contributed by atoms with Gasteiger partial charge in [0.2, 0.25) is 0 Å². The summed E-state index contributed by atoms with van der Waals surface area (Å²) in [4.78, 5) is 24.4. The standard InChI is InChI=1S/C22H33N8O10P/c31-7-8-38-21-24-20(23-12-3-1-2-4-12)14-6-5-13(30(14)27-21)19-18(34)17(33)15(40-19)10-39-22(11-32,41(35,36)37)9-16-25-28-29-26-16/h5-6,12,15,17-19,31-34H,1-4,7-11H2,(H,23,24,27)(H2,35,36,37)(H,25,26,28,29)/t15-,17-,18-,19?,22?/m1/s1. The third-order valence-electron chi connectivity index (χ3n) is 7.31. The number of aliphatic hydroxyl groups is 4. The summed E-state index contributed by atoms with van der Waals surface area (Å²) >= 11 is 0. The minimum absolute atomic E-state index is 0.0201. The van der Waals surface area contributed by atoms with E-state index in [4.69, 9.17) is 14.2 Å². The third-order valence-corrected chi connectivity index (χ3v) is 8.80. The predicted molar refractivity (Wildman–Crippen MR) is 137 cm³/mol. The molecule has 5 rings (SSSR count). The van der Waals surface area contributed by atoms with Gasteiger partial charge in [-0.2, -0.15) is 10.2 Å². The van der Waals surface area contributed by atoms with E-state index < -0.39 is 57.0 Å². The summed E-state index contributed by atoms with van der Waals surface area (Å²) in [5.41, 5.74) is 0.907. The number of aromatic amines is 1. The number of hydrogen-bond acceptors (Lipinski definition) is 14. The summed E-state index contributed by atoms with van der Waals surface area (Å²) in [6.07, 6.45) is -1.81. The molecule has 8 N–H and O–H groups in total. The maximum Gasteiger partial charge on any atom is 0.359 e. The van der Waals surface area contributed by atoms with Crippen LogP contribution < -0.4 is 10.1 Å². The van der Waals surface area contributed by atoms with E-state index in [1.807, 2.05) is 0 Å². The van der Waals surface area contributed by atoms with Gasteiger partial charge in [0.15, 0.2) is 17.0 Å². The van der Waals surface area contributed by atoms with Gasteiger partial charge in [-0.1, -0.05) is 18.1 Å². The van der Waals surface area contributed by atoms with E-state index in [1.165, 1.54) is 4.52 Å². The molecule has 2 aliphatic rings. The topological polar surface area (TPSA) is 263 Å². The fraction of sp³-hybridized carbons (Fsp3) is 0.682. The number of rotatable bonds is 13.